The van der Waals surface area contributed by atoms with Gasteiger partial charge in [0.15, 0.2) is 5.41 Å². The van der Waals surface area contributed by atoms with Crippen LogP contribution in [0.1, 0.15) is 19.4 Å². The van der Waals surface area contributed by atoms with Crippen molar-refractivity contribution in [3.63, 3.8) is 0 Å². The molecule has 0 aliphatic carbocycles. The van der Waals surface area contributed by atoms with Gasteiger partial charge in [-0.05, 0) is 31.9 Å². The summed E-state index contributed by atoms with van der Waals surface area (Å²) in [4.78, 5) is 42.1. The lowest BCUT2D eigenvalue weighted by molar-refractivity contribution is -0.154. The van der Waals surface area contributed by atoms with Crippen LogP contribution in [-0.2, 0) is 16.0 Å². The molecule has 2 atom stereocenters. The third-order valence-corrected chi connectivity index (χ3v) is 6.45. The SMILES string of the molecule is CC(C)N1C(=O)NC(=O)[C@@]2(Cc3ccccc3N3CCSC[C@H]32)C1=O. The van der Waals surface area contributed by atoms with Crippen LogP contribution in [0.4, 0.5) is 10.5 Å². The van der Waals surface area contributed by atoms with Crippen LogP contribution in [0.25, 0.3) is 0 Å². The number of rotatable bonds is 1. The molecule has 1 aromatic carbocycles. The summed E-state index contributed by atoms with van der Waals surface area (Å²) >= 11 is 1.76. The molecule has 3 heterocycles. The van der Waals surface area contributed by atoms with Crippen molar-refractivity contribution < 1.29 is 14.4 Å². The summed E-state index contributed by atoms with van der Waals surface area (Å²) in [6.07, 6.45) is 0.339. The van der Waals surface area contributed by atoms with Gasteiger partial charge in [0.1, 0.15) is 0 Å². The summed E-state index contributed by atoms with van der Waals surface area (Å²) in [5, 5.41) is 2.46. The largest absolute Gasteiger partial charge is 0.365 e. The van der Waals surface area contributed by atoms with E-state index in [0.717, 1.165) is 23.5 Å². The average Bonchev–Trinajstić information content (AvgIpc) is 2.59. The molecular formula is C18H21N3O3S. The molecule has 3 aliphatic rings. The van der Waals surface area contributed by atoms with Gasteiger partial charge in [0.05, 0.1) is 6.04 Å². The number of para-hydroxylation sites is 1. The minimum atomic E-state index is -1.24. The van der Waals surface area contributed by atoms with Gasteiger partial charge >= 0.3 is 6.03 Å². The second-order valence-corrected chi connectivity index (χ2v) is 8.24. The molecule has 1 spiro atoms. The van der Waals surface area contributed by atoms with Gasteiger partial charge in [-0.15, -0.1) is 0 Å². The molecule has 0 unspecified atom stereocenters. The fraction of sp³-hybridized carbons (Fsp3) is 0.500. The number of nitrogens with zero attached hydrogens (tertiary/aromatic N) is 2. The number of barbiturate groups is 1. The molecule has 4 rings (SSSR count). The van der Waals surface area contributed by atoms with Gasteiger partial charge in [-0.2, -0.15) is 11.8 Å². The van der Waals surface area contributed by atoms with Crippen LogP contribution in [0.3, 0.4) is 0 Å². The van der Waals surface area contributed by atoms with Crippen LogP contribution in [0.5, 0.6) is 0 Å². The Balaban J connectivity index is 1.88. The number of carbonyl (C=O) groups excluding carboxylic acids is 3. The number of amides is 4. The molecule has 6 nitrogen and oxygen atoms in total. The zero-order chi connectivity index (χ0) is 17.8. The molecule has 2 fully saturated rings. The van der Waals surface area contributed by atoms with Crippen molar-refractivity contribution >= 4 is 35.3 Å². The summed E-state index contributed by atoms with van der Waals surface area (Å²) in [5.41, 5.74) is 0.860. The molecule has 2 saturated heterocycles. The maximum atomic E-state index is 13.4. The van der Waals surface area contributed by atoms with Gasteiger partial charge in [0.2, 0.25) is 11.8 Å². The Morgan fingerprint density at radius 3 is 2.76 bits per heavy atom. The van der Waals surface area contributed by atoms with E-state index in [1.807, 2.05) is 18.2 Å². The molecule has 0 radical (unpaired) electrons. The van der Waals surface area contributed by atoms with Crippen molar-refractivity contribution in [2.75, 3.05) is 23.0 Å². The van der Waals surface area contributed by atoms with E-state index in [1.165, 1.54) is 4.90 Å². The third kappa shape index (κ3) is 2.21. The van der Waals surface area contributed by atoms with Crippen LogP contribution >= 0.6 is 11.8 Å². The summed E-state index contributed by atoms with van der Waals surface area (Å²) < 4.78 is 0. The zero-order valence-corrected chi connectivity index (χ0v) is 15.1. The van der Waals surface area contributed by atoms with Crippen molar-refractivity contribution in [2.45, 2.75) is 32.4 Å². The molecular weight excluding hydrogens is 338 g/mol. The number of urea groups is 1. The van der Waals surface area contributed by atoms with Gasteiger partial charge < -0.3 is 4.90 Å². The minimum absolute atomic E-state index is 0.233. The van der Waals surface area contributed by atoms with Gasteiger partial charge in [-0.25, -0.2) is 4.79 Å². The van der Waals surface area contributed by atoms with Crippen LogP contribution in [0.15, 0.2) is 24.3 Å². The van der Waals surface area contributed by atoms with Gasteiger partial charge in [-0.1, -0.05) is 18.2 Å². The number of imide groups is 2. The average molecular weight is 359 g/mol. The van der Waals surface area contributed by atoms with Crippen molar-refractivity contribution in [3.05, 3.63) is 29.8 Å². The first-order valence-corrected chi connectivity index (χ1v) is 9.73. The lowest BCUT2D eigenvalue weighted by Gasteiger charge is -2.53. The maximum Gasteiger partial charge on any atom is 0.331 e. The molecule has 132 valence electrons. The summed E-state index contributed by atoms with van der Waals surface area (Å²) in [6.45, 7) is 4.39. The summed E-state index contributed by atoms with van der Waals surface area (Å²) in [5.74, 6) is 0.853. The quantitative estimate of drug-likeness (QED) is 0.772. The van der Waals surface area contributed by atoms with E-state index in [4.69, 9.17) is 0 Å². The predicted molar refractivity (Wildman–Crippen MR) is 96.6 cm³/mol. The number of carbonyl (C=O) groups is 3. The second kappa shape index (κ2) is 5.76. The van der Waals surface area contributed by atoms with Crippen LogP contribution in [0.2, 0.25) is 0 Å². The van der Waals surface area contributed by atoms with E-state index in [2.05, 4.69) is 16.3 Å². The normalized spacial score (nSPS) is 28.9. The molecule has 0 bridgehead atoms. The first-order valence-electron chi connectivity index (χ1n) is 8.58. The molecule has 0 aromatic heterocycles. The third-order valence-electron chi connectivity index (χ3n) is 5.43. The number of benzene rings is 1. The molecule has 25 heavy (non-hydrogen) atoms. The highest BCUT2D eigenvalue weighted by molar-refractivity contribution is 7.99. The fourth-order valence-electron chi connectivity index (χ4n) is 4.25. The Hall–Kier alpha value is -2.02. The van der Waals surface area contributed by atoms with E-state index in [-0.39, 0.29) is 18.0 Å². The number of nitrogens with one attached hydrogen (secondary N) is 1. The van der Waals surface area contributed by atoms with E-state index in [1.54, 1.807) is 25.6 Å². The lowest BCUT2D eigenvalue weighted by Crippen LogP contribution is -2.74. The molecule has 1 N–H and O–H groups in total. The Morgan fingerprint density at radius 2 is 2.00 bits per heavy atom. The number of fused-ring (bicyclic) bond motifs is 4. The molecule has 0 saturated carbocycles. The number of anilines is 1. The molecule has 1 aromatic rings. The monoisotopic (exact) mass is 359 g/mol. The number of hydrogen-bond acceptors (Lipinski definition) is 5. The Kier molecular flexibility index (Phi) is 3.79. The standard InChI is InChI=1S/C18H21N3O3S/c1-11(2)21-16(23)18(15(22)19-17(21)24)9-12-5-3-4-6-13(12)20-7-8-25-10-14(18)20/h3-6,11,14H,7-10H2,1-2H3,(H,19,22,24)/t14-,18-/m0/s1. The number of hydrogen-bond donors (Lipinski definition) is 1. The van der Waals surface area contributed by atoms with Crippen LogP contribution < -0.4 is 10.2 Å². The zero-order valence-electron chi connectivity index (χ0n) is 14.3. The fourth-order valence-corrected chi connectivity index (χ4v) is 5.43. The van der Waals surface area contributed by atoms with Crippen molar-refractivity contribution in [1.29, 1.82) is 0 Å². The minimum Gasteiger partial charge on any atom is -0.365 e. The first-order chi connectivity index (χ1) is 12.0. The highest BCUT2D eigenvalue weighted by Gasteiger charge is 2.62. The van der Waals surface area contributed by atoms with E-state index >= 15 is 0 Å². The first kappa shape index (κ1) is 16.4. The number of thioether (sulfide) groups is 1. The van der Waals surface area contributed by atoms with Crippen LogP contribution in [0, 0.1) is 5.41 Å². The highest BCUT2D eigenvalue weighted by Crippen LogP contribution is 2.46. The van der Waals surface area contributed by atoms with Crippen molar-refractivity contribution in [1.82, 2.24) is 10.2 Å². The lowest BCUT2D eigenvalue weighted by atomic mass is 9.68. The Bertz CT molecular complexity index is 766. The Morgan fingerprint density at radius 1 is 1.24 bits per heavy atom. The second-order valence-electron chi connectivity index (χ2n) is 7.09. The summed E-state index contributed by atoms with van der Waals surface area (Å²) in [6, 6.07) is 6.82. The smallest absolute Gasteiger partial charge is 0.331 e. The van der Waals surface area contributed by atoms with E-state index < -0.39 is 17.4 Å². The van der Waals surface area contributed by atoms with Gasteiger partial charge in [-0.3, -0.25) is 19.8 Å². The van der Waals surface area contributed by atoms with Crippen molar-refractivity contribution in [3.8, 4) is 0 Å². The van der Waals surface area contributed by atoms with E-state index in [0.29, 0.717) is 12.2 Å². The highest BCUT2D eigenvalue weighted by atomic mass is 32.2. The maximum absolute atomic E-state index is 13.4. The Labute approximate surface area is 150 Å². The predicted octanol–water partition coefficient (Wildman–Crippen LogP) is 1.64. The van der Waals surface area contributed by atoms with Gasteiger partial charge in [0.25, 0.3) is 0 Å². The molecule has 3 aliphatic heterocycles. The molecule has 4 amide bonds. The summed E-state index contributed by atoms with van der Waals surface area (Å²) in [7, 11) is 0. The van der Waals surface area contributed by atoms with E-state index in [9.17, 15) is 14.4 Å². The van der Waals surface area contributed by atoms with Crippen molar-refractivity contribution in [2.24, 2.45) is 5.41 Å². The van der Waals surface area contributed by atoms with Gasteiger partial charge in [0, 0.05) is 29.8 Å². The molecule has 7 heteroatoms. The van der Waals surface area contributed by atoms with Crippen LogP contribution in [-0.4, -0.2) is 52.9 Å². The topological polar surface area (TPSA) is 69.7 Å².